The fraction of sp³-hybridized carbons (Fsp3) is 0.444. The molecule has 0 radical (unpaired) electrons. The van der Waals surface area contributed by atoms with E-state index in [0.717, 1.165) is 10.8 Å². The summed E-state index contributed by atoms with van der Waals surface area (Å²) < 4.78 is 5.69. The highest BCUT2D eigenvalue weighted by atomic mass is 32.1. The molecular formula is C18H21N3O2S. The smallest absolute Gasteiger partial charge is 0.315 e. The Balaban J connectivity index is 1.29. The molecule has 0 spiro atoms. The largest absolute Gasteiger partial charge is 0.493 e. The zero-order chi connectivity index (χ0) is 16.5. The van der Waals surface area contributed by atoms with E-state index in [2.05, 4.69) is 27.1 Å². The molecule has 24 heavy (non-hydrogen) atoms. The first-order valence-electron chi connectivity index (χ1n) is 8.41. The van der Waals surface area contributed by atoms with Gasteiger partial charge in [0.25, 0.3) is 0 Å². The van der Waals surface area contributed by atoms with Gasteiger partial charge in [0.1, 0.15) is 10.8 Å². The van der Waals surface area contributed by atoms with E-state index in [1.54, 1.807) is 11.3 Å². The van der Waals surface area contributed by atoms with Crippen LogP contribution in [0.1, 0.15) is 47.9 Å². The Morgan fingerprint density at radius 3 is 3.08 bits per heavy atom. The van der Waals surface area contributed by atoms with Crippen molar-refractivity contribution in [3.8, 4) is 5.75 Å². The zero-order valence-electron chi connectivity index (χ0n) is 13.6. The highest BCUT2D eigenvalue weighted by Crippen LogP contribution is 2.40. The lowest BCUT2D eigenvalue weighted by Gasteiger charge is -2.20. The minimum absolute atomic E-state index is 0.00645. The number of hydrogen-bond acceptors (Lipinski definition) is 4. The summed E-state index contributed by atoms with van der Waals surface area (Å²) >= 11 is 1.62. The molecule has 1 aliphatic heterocycles. The average molecular weight is 343 g/mol. The minimum Gasteiger partial charge on any atom is -0.493 e. The van der Waals surface area contributed by atoms with Crippen LogP contribution < -0.4 is 15.4 Å². The second kappa shape index (κ2) is 6.43. The first-order valence-corrected chi connectivity index (χ1v) is 9.29. The Bertz CT molecular complexity index is 741. The fourth-order valence-electron chi connectivity index (χ4n) is 3.09. The molecule has 0 unspecified atom stereocenters. The third-order valence-corrected chi connectivity index (χ3v) is 5.53. The van der Waals surface area contributed by atoms with Gasteiger partial charge in [0, 0.05) is 28.8 Å². The predicted molar refractivity (Wildman–Crippen MR) is 93.6 cm³/mol. The molecule has 0 bridgehead atoms. The van der Waals surface area contributed by atoms with Gasteiger partial charge in [0.15, 0.2) is 0 Å². The first kappa shape index (κ1) is 15.4. The molecule has 2 atom stereocenters. The van der Waals surface area contributed by atoms with Gasteiger partial charge in [-0.2, -0.15) is 0 Å². The number of rotatable bonds is 5. The molecule has 1 aliphatic carbocycles. The summed E-state index contributed by atoms with van der Waals surface area (Å²) in [5.74, 6) is 1.77. The number of carbonyl (C=O) groups excluding carboxylic acids is 1. The number of thiazole rings is 1. The van der Waals surface area contributed by atoms with Crippen LogP contribution in [0.5, 0.6) is 5.75 Å². The Morgan fingerprint density at radius 2 is 2.25 bits per heavy atom. The van der Waals surface area contributed by atoms with E-state index in [9.17, 15) is 4.79 Å². The summed E-state index contributed by atoms with van der Waals surface area (Å²) in [5.41, 5.74) is 2.35. The number of aromatic nitrogens is 1. The predicted octanol–water partition coefficient (Wildman–Crippen LogP) is 3.38. The number of amides is 2. The van der Waals surface area contributed by atoms with Crippen molar-refractivity contribution in [3.05, 3.63) is 45.9 Å². The molecule has 1 aromatic carbocycles. The number of ether oxygens (including phenoxy) is 1. The van der Waals surface area contributed by atoms with Crippen molar-refractivity contribution >= 4 is 17.4 Å². The molecule has 6 heteroatoms. The third kappa shape index (κ3) is 3.24. The Hall–Kier alpha value is -2.08. The van der Waals surface area contributed by atoms with Crippen molar-refractivity contribution < 1.29 is 9.53 Å². The Morgan fingerprint density at radius 1 is 1.42 bits per heavy atom. The van der Waals surface area contributed by atoms with Gasteiger partial charge in [-0.15, -0.1) is 11.3 Å². The number of hydrogen-bond donors (Lipinski definition) is 2. The SMILES string of the molecule is C[C@@H](NC(=O)NCc1nc(C2CC2)cs1)[C@@H]1COc2ccccc21. The van der Waals surface area contributed by atoms with Gasteiger partial charge < -0.3 is 15.4 Å². The van der Waals surface area contributed by atoms with Crippen molar-refractivity contribution in [2.24, 2.45) is 0 Å². The van der Waals surface area contributed by atoms with Gasteiger partial charge in [0.2, 0.25) is 0 Å². The highest BCUT2D eigenvalue weighted by Gasteiger charge is 2.29. The summed E-state index contributed by atoms with van der Waals surface area (Å²) in [6, 6.07) is 7.87. The van der Waals surface area contributed by atoms with Crippen molar-refractivity contribution in [3.63, 3.8) is 0 Å². The van der Waals surface area contributed by atoms with E-state index in [-0.39, 0.29) is 18.0 Å². The van der Waals surface area contributed by atoms with Crippen LogP contribution >= 0.6 is 11.3 Å². The maximum atomic E-state index is 12.2. The van der Waals surface area contributed by atoms with Gasteiger partial charge in [-0.05, 0) is 25.8 Å². The van der Waals surface area contributed by atoms with Crippen LogP contribution in [-0.4, -0.2) is 23.7 Å². The molecular weight excluding hydrogens is 322 g/mol. The number of carbonyl (C=O) groups is 1. The lowest BCUT2D eigenvalue weighted by atomic mass is 9.94. The molecule has 1 fully saturated rings. The Kier molecular flexibility index (Phi) is 4.14. The van der Waals surface area contributed by atoms with Crippen LogP contribution in [0.4, 0.5) is 4.79 Å². The second-order valence-corrected chi connectivity index (χ2v) is 7.45. The lowest BCUT2D eigenvalue weighted by Crippen LogP contribution is -2.43. The van der Waals surface area contributed by atoms with Crippen LogP contribution in [0.2, 0.25) is 0 Å². The molecule has 1 aromatic heterocycles. The molecule has 126 valence electrons. The molecule has 2 N–H and O–H groups in total. The zero-order valence-corrected chi connectivity index (χ0v) is 14.4. The highest BCUT2D eigenvalue weighted by molar-refractivity contribution is 7.09. The van der Waals surface area contributed by atoms with Crippen molar-refractivity contribution in [2.75, 3.05) is 6.61 Å². The fourth-order valence-corrected chi connectivity index (χ4v) is 3.90. The number of benzene rings is 1. The van der Waals surface area contributed by atoms with Crippen LogP contribution in [-0.2, 0) is 6.54 Å². The van der Waals surface area contributed by atoms with E-state index >= 15 is 0 Å². The van der Waals surface area contributed by atoms with E-state index < -0.39 is 0 Å². The summed E-state index contributed by atoms with van der Waals surface area (Å²) in [4.78, 5) is 16.7. The van der Waals surface area contributed by atoms with Crippen LogP contribution in [0.15, 0.2) is 29.6 Å². The first-order chi connectivity index (χ1) is 11.7. The standard InChI is InChI=1S/C18H21N3O2S/c1-11(14-9-23-16-5-3-2-4-13(14)16)20-18(22)19-8-17-21-15(10-24-17)12-6-7-12/h2-5,10-12,14H,6-9H2,1H3,(H2,19,20,22)/t11-,14+/m1/s1. The normalized spacial score (nSPS) is 20.1. The third-order valence-electron chi connectivity index (χ3n) is 4.66. The summed E-state index contributed by atoms with van der Waals surface area (Å²) in [6.45, 7) is 3.11. The maximum absolute atomic E-state index is 12.2. The van der Waals surface area contributed by atoms with Crippen molar-refractivity contribution in [1.29, 1.82) is 0 Å². The quantitative estimate of drug-likeness (QED) is 0.875. The van der Waals surface area contributed by atoms with Gasteiger partial charge in [-0.1, -0.05) is 18.2 Å². The van der Waals surface area contributed by atoms with E-state index in [1.165, 1.54) is 24.1 Å². The van der Waals surface area contributed by atoms with Crippen LogP contribution in [0, 0.1) is 0 Å². The molecule has 0 saturated heterocycles. The number of urea groups is 1. The molecule has 4 rings (SSSR count). The molecule has 1 saturated carbocycles. The summed E-state index contributed by atoms with van der Waals surface area (Å²) in [7, 11) is 0. The average Bonchev–Trinajstić information content (AvgIpc) is 3.17. The van der Waals surface area contributed by atoms with E-state index in [0.29, 0.717) is 19.1 Å². The number of para-hydroxylation sites is 1. The van der Waals surface area contributed by atoms with Gasteiger partial charge >= 0.3 is 6.03 Å². The number of nitrogens with zero attached hydrogens (tertiary/aromatic N) is 1. The minimum atomic E-state index is -0.157. The molecule has 2 aromatic rings. The van der Waals surface area contributed by atoms with Crippen molar-refractivity contribution in [1.82, 2.24) is 15.6 Å². The van der Waals surface area contributed by atoms with Crippen LogP contribution in [0.25, 0.3) is 0 Å². The van der Waals surface area contributed by atoms with E-state index in [1.807, 2.05) is 25.1 Å². The summed E-state index contributed by atoms with van der Waals surface area (Å²) in [6.07, 6.45) is 2.50. The van der Waals surface area contributed by atoms with E-state index in [4.69, 9.17) is 4.74 Å². The molecule has 2 amide bonds. The van der Waals surface area contributed by atoms with Gasteiger partial charge in [-0.3, -0.25) is 0 Å². The molecule has 2 heterocycles. The molecule has 2 aliphatic rings. The van der Waals surface area contributed by atoms with Gasteiger partial charge in [0.05, 0.1) is 18.8 Å². The maximum Gasteiger partial charge on any atom is 0.315 e. The Labute approximate surface area is 145 Å². The number of nitrogens with one attached hydrogen (secondary N) is 2. The summed E-state index contributed by atoms with van der Waals surface area (Å²) in [5, 5.41) is 9.01. The monoisotopic (exact) mass is 343 g/mol. The lowest BCUT2D eigenvalue weighted by molar-refractivity contribution is 0.232. The van der Waals surface area contributed by atoms with Crippen molar-refractivity contribution in [2.45, 2.75) is 44.2 Å². The molecule has 5 nitrogen and oxygen atoms in total. The van der Waals surface area contributed by atoms with Gasteiger partial charge in [-0.25, -0.2) is 9.78 Å². The van der Waals surface area contributed by atoms with Crippen LogP contribution in [0.3, 0.4) is 0 Å². The second-order valence-electron chi connectivity index (χ2n) is 6.51. The topological polar surface area (TPSA) is 63.2 Å². The number of fused-ring (bicyclic) bond motifs is 1.